The van der Waals surface area contributed by atoms with Crippen LogP contribution >= 0.6 is 0 Å². The molecular weight excluding hydrogens is 266 g/mol. The molecular formula is C15H13N5O. The Hall–Kier alpha value is -3.15. The zero-order chi connectivity index (χ0) is 14.7. The highest BCUT2D eigenvalue weighted by atomic mass is 16.1. The maximum absolute atomic E-state index is 12.4. The Morgan fingerprint density at radius 3 is 2.52 bits per heavy atom. The number of carbonyl (C=O) groups excluding carboxylic acids is 1. The summed E-state index contributed by atoms with van der Waals surface area (Å²) in [6.45, 7) is 0. The summed E-state index contributed by atoms with van der Waals surface area (Å²) in [5.41, 5.74) is 7.42. The van der Waals surface area contributed by atoms with Crippen molar-refractivity contribution in [1.82, 2.24) is 15.2 Å². The topological polar surface area (TPSA) is 96.7 Å². The van der Waals surface area contributed by atoms with Crippen molar-refractivity contribution < 1.29 is 4.79 Å². The van der Waals surface area contributed by atoms with E-state index >= 15 is 0 Å². The van der Waals surface area contributed by atoms with E-state index in [1.54, 1.807) is 30.3 Å². The predicted molar refractivity (Wildman–Crippen MR) is 80.4 cm³/mol. The van der Waals surface area contributed by atoms with Crippen LogP contribution in [-0.4, -0.2) is 21.0 Å². The lowest BCUT2D eigenvalue weighted by atomic mass is 10.0. The van der Waals surface area contributed by atoms with E-state index in [2.05, 4.69) is 20.5 Å². The van der Waals surface area contributed by atoms with Gasteiger partial charge in [-0.05, 0) is 12.1 Å². The van der Waals surface area contributed by atoms with Gasteiger partial charge in [0.1, 0.15) is 0 Å². The summed E-state index contributed by atoms with van der Waals surface area (Å²) in [4.78, 5) is 16.3. The fourth-order valence-electron chi connectivity index (χ4n) is 1.95. The van der Waals surface area contributed by atoms with E-state index in [1.165, 1.54) is 0 Å². The van der Waals surface area contributed by atoms with Gasteiger partial charge in [-0.3, -0.25) is 4.79 Å². The van der Waals surface area contributed by atoms with Gasteiger partial charge in [-0.25, -0.2) is 5.10 Å². The van der Waals surface area contributed by atoms with Gasteiger partial charge >= 0.3 is 0 Å². The highest BCUT2D eigenvalue weighted by molar-refractivity contribution is 6.09. The first-order valence-electron chi connectivity index (χ1n) is 6.37. The minimum absolute atomic E-state index is 0.0336. The highest BCUT2D eigenvalue weighted by Gasteiger charge is 2.09. The average molecular weight is 279 g/mol. The van der Waals surface area contributed by atoms with Crippen LogP contribution in [0.3, 0.4) is 0 Å². The summed E-state index contributed by atoms with van der Waals surface area (Å²) < 4.78 is 0. The number of nitrogens with one attached hydrogen (secondary N) is 2. The summed E-state index contributed by atoms with van der Waals surface area (Å²) in [6, 6.07) is 16.3. The van der Waals surface area contributed by atoms with Crippen molar-refractivity contribution in [3.05, 3.63) is 65.7 Å². The van der Waals surface area contributed by atoms with Crippen molar-refractivity contribution in [2.24, 2.45) is 0 Å². The number of nitrogen functional groups attached to an aromatic ring is 1. The Kier molecular flexibility index (Phi) is 3.34. The van der Waals surface area contributed by atoms with Crippen LogP contribution in [0.4, 0.5) is 17.6 Å². The Morgan fingerprint density at radius 1 is 1.05 bits per heavy atom. The molecule has 0 saturated heterocycles. The Balaban J connectivity index is 1.85. The molecule has 6 nitrogen and oxygen atoms in total. The monoisotopic (exact) mass is 279 g/mol. The number of ketones is 1. The fraction of sp³-hybridized carbons (Fsp3) is 0. The van der Waals surface area contributed by atoms with Crippen LogP contribution in [0.25, 0.3) is 0 Å². The van der Waals surface area contributed by atoms with Gasteiger partial charge in [-0.1, -0.05) is 42.5 Å². The third-order valence-electron chi connectivity index (χ3n) is 2.92. The molecule has 6 heteroatoms. The van der Waals surface area contributed by atoms with Gasteiger partial charge < -0.3 is 11.1 Å². The van der Waals surface area contributed by atoms with E-state index < -0.39 is 0 Å². The number of aromatic amines is 1. The first-order chi connectivity index (χ1) is 10.2. The molecule has 2 aromatic carbocycles. The van der Waals surface area contributed by atoms with E-state index in [4.69, 9.17) is 5.73 Å². The molecule has 0 bridgehead atoms. The molecule has 0 saturated carbocycles. The second-order valence-corrected chi connectivity index (χ2v) is 4.45. The SMILES string of the molecule is Nc1nc(Nc2cccc(C(=O)c3ccccc3)c2)n[nH]1. The first kappa shape index (κ1) is 12.9. The largest absolute Gasteiger partial charge is 0.368 e. The van der Waals surface area contributed by atoms with Gasteiger partial charge in [0.05, 0.1) is 0 Å². The van der Waals surface area contributed by atoms with E-state index in [0.29, 0.717) is 17.1 Å². The van der Waals surface area contributed by atoms with Crippen molar-refractivity contribution >= 4 is 23.4 Å². The number of hydrogen-bond donors (Lipinski definition) is 3. The van der Waals surface area contributed by atoms with Crippen LogP contribution in [0.1, 0.15) is 15.9 Å². The number of aromatic nitrogens is 3. The summed E-state index contributed by atoms with van der Waals surface area (Å²) in [6.07, 6.45) is 0. The molecule has 0 atom stereocenters. The van der Waals surface area contributed by atoms with Gasteiger partial charge in [-0.15, -0.1) is 5.10 Å². The lowest BCUT2D eigenvalue weighted by Gasteiger charge is -2.05. The van der Waals surface area contributed by atoms with E-state index in [1.807, 2.05) is 24.3 Å². The van der Waals surface area contributed by atoms with E-state index in [9.17, 15) is 4.79 Å². The van der Waals surface area contributed by atoms with Crippen molar-refractivity contribution in [1.29, 1.82) is 0 Å². The molecule has 4 N–H and O–H groups in total. The predicted octanol–water partition coefficient (Wildman–Crippen LogP) is 2.36. The number of nitrogens with zero attached hydrogens (tertiary/aromatic N) is 2. The number of benzene rings is 2. The molecule has 0 fully saturated rings. The van der Waals surface area contributed by atoms with Crippen LogP contribution in [0, 0.1) is 0 Å². The summed E-state index contributed by atoms with van der Waals surface area (Å²) in [5.74, 6) is 0.555. The van der Waals surface area contributed by atoms with Crippen molar-refractivity contribution in [2.45, 2.75) is 0 Å². The molecule has 0 spiro atoms. The zero-order valence-corrected chi connectivity index (χ0v) is 11.1. The van der Waals surface area contributed by atoms with Gasteiger partial charge in [0, 0.05) is 16.8 Å². The second-order valence-electron chi connectivity index (χ2n) is 4.45. The number of H-pyrrole nitrogens is 1. The quantitative estimate of drug-likeness (QED) is 0.637. The molecule has 0 amide bonds. The van der Waals surface area contributed by atoms with Crippen molar-refractivity contribution in [2.75, 3.05) is 11.1 Å². The van der Waals surface area contributed by atoms with Gasteiger partial charge in [-0.2, -0.15) is 4.98 Å². The molecule has 0 radical (unpaired) electrons. The average Bonchev–Trinajstić information content (AvgIpc) is 2.93. The molecule has 21 heavy (non-hydrogen) atoms. The third-order valence-corrected chi connectivity index (χ3v) is 2.92. The van der Waals surface area contributed by atoms with Crippen LogP contribution in [0.15, 0.2) is 54.6 Å². The van der Waals surface area contributed by atoms with Crippen molar-refractivity contribution in [3.8, 4) is 0 Å². The summed E-state index contributed by atoms with van der Waals surface area (Å²) in [7, 11) is 0. The van der Waals surface area contributed by atoms with Crippen molar-refractivity contribution in [3.63, 3.8) is 0 Å². The van der Waals surface area contributed by atoms with Crippen LogP contribution in [0.2, 0.25) is 0 Å². The summed E-state index contributed by atoms with van der Waals surface area (Å²) >= 11 is 0. The molecule has 0 aliphatic carbocycles. The molecule has 0 unspecified atom stereocenters. The molecule has 104 valence electrons. The lowest BCUT2D eigenvalue weighted by molar-refractivity contribution is 0.103. The molecule has 0 aliphatic rings. The smallest absolute Gasteiger partial charge is 0.248 e. The normalized spacial score (nSPS) is 10.3. The van der Waals surface area contributed by atoms with Crippen LogP contribution in [-0.2, 0) is 0 Å². The maximum Gasteiger partial charge on any atom is 0.248 e. The lowest BCUT2D eigenvalue weighted by Crippen LogP contribution is -2.02. The maximum atomic E-state index is 12.4. The third kappa shape index (κ3) is 2.89. The fourth-order valence-corrected chi connectivity index (χ4v) is 1.95. The van der Waals surface area contributed by atoms with Gasteiger partial charge in [0.15, 0.2) is 5.78 Å². The number of anilines is 3. The number of carbonyl (C=O) groups is 1. The minimum atomic E-state index is -0.0336. The van der Waals surface area contributed by atoms with E-state index in [-0.39, 0.29) is 11.7 Å². The summed E-state index contributed by atoms with van der Waals surface area (Å²) in [5, 5.41) is 9.41. The molecule has 0 aliphatic heterocycles. The molecule has 1 aromatic heterocycles. The Morgan fingerprint density at radius 2 is 1.81 bits per heavy atom. The zero-order valence-electron chi connectivity index (χ0n) is 11.1. The second kappa shape index (κ2) is 5.46. The molecule has 3 aromatic rings. The molecule has 3 rings (SSSR count). The first-order valence-corrected chi connectivity index (χ1v) is 6.37. The highest BCUT2D eigenvalue weighted by Crippen LogP contribution is 2.17. The van der Waals surface area contributed by atoms with Gasteiger partial charge in [0.2, 0.25) is 11.9 Å². The van der Waals surface area contributed by atoms with Gasteiger partial charge in [0.25, 0.3) is 0 Å². The Bertz CT molecular complexity index is 766. The van der Waals surface area contributed by atoms with Crippen LogP contribution in [0.5, 0.6) is 0 Å². The molecule has 1 heterocycles. The number of rotatable bonds is 4. The minimum Gasteiger partial charge on any atom is -0.368 e. The van der Waals surface area contributed by atoms with Crippen LogP contribution < -0.4 is 11.1 Å². The standard InChI is InChI=1S/C15H13N5O/c16-14-18-15(20-19-14)17-12-8-4-7-11(9-12)13(21)10-5-2-1-3-6-10/h1-9H,(H4,16,17,18,19,20). The number of nitrogens with two attached hydrogens (primary N) is 1. The van der Waals surface area contributed by atoms with E-state index in [0.717, 1.165) is 5.69 Å². The number of hydrogen-bond acceptors (Lipinski definition) is 5. The Labute approximate surface area is 121 Å².